The second-order valence-electron chi connectivity index (χ2n) is 12.5. The van der Waals surface area contributed by atoms with Crippen LogP contribution in [0.1, 0.15) is 88.2 Å². The van der Waals surface area contributed by atoms with E-state index in [0.717, 1.165) is 37.7 Å². The van der Waals surface area contributed by atoms with E-state index in [9.17, 15) is 19.5 Å². The minimum absolute atomic E-state index is 0.00113. The maximum Gasteiger partial charge on any atom is 0.317 e. The molecule has 0 aromatic heterocycles. The van der Waals surface area contributed by atoms with Crippen molar-refractivity contribution in [1.29, 1.82) is 5.41 Å². The van der Waals surface area contributed by atoms with Gasteiger partial charge in [-0.25, -0.2) is 0 Å². The number of amidine groups is 1. The summed E-state index contributed by atoms with van der Waals surface area (Å²) in [6.45, 7) is 0.623. The van der Waals surface area contributed by atoms with Crippen molar-refractivity contribution >= 4 is 23.6 Å². The van der Waals surface area contributed by atoms with Crippen LogP contribution < -0.4 is 16.4 Å². The SMILES string of the molecule is N=C(N)c1ccc(CNC(=O)[C@]23C[C@H]2CCN3C(=O)[C@H](NCC(=O)O)C(C2CCCCC2)C2CCCCC2)cc1. The van der Waals surface area contributed by atoms with Crippen LogP contribution in [-0.2, 0) is 20.9 Å². The van der Waals surface area contributed by atoms with E-state index in [2.05, 4.69) is 10.6 Å². The van der Waals surface area contributed by atoms with Crippen LogP contribution >= 0.6 is 0 Å². The van der Waals surface area contributed by atoms with Gasteiger partial charge in [0, 0.05) is 18.7 Å². The third-order valence-corrected chi connectivity index (χ3v) is 10.1. The number of hydrogen-bond donors (Lipinski definition) is 5. The smallest absolute Gasteiger partial charge is 0.317 e. The van der Waals surface area contributed by atoms with Crippen LogP contribution in [0.25, 0.3) is 0 Å². The minimum atomic E-state index is -0.960. The number of nitrogen functional groups attached to an aromatic ring is 1. The maximum absolute atomic E-state index is 14.5. The predicted octanol–water partition coefficient (Wildman–Crippen LogP) is 3.40. The largest absolute Gasteiger partial charge is 0.480 e. The number of benzene rings is 1. The van der Waals surface area contributed by atoms with Crippen molar-refractivity contribution in [2.45, 2.75) is 95.2 Å². The molecule has 3 saturated carbocycles. The molecule has 40 heavy (non-hydrogen) atoms. The zero-order chi connectivity index (χ0) is 28.3. The fourth-order valence-corrected chi connectivity index (χ4v) is 8.04. The molecular weight excluding hydrogens is 506 g/mol. The molecule has 1 aromatic carbocycles. The molecule has 3 aliphatic carbocycles. The zero-order valence-corrected chi connectivity index (χ0v) is 23.5. The quantitative estimate of drug-likeness (QED) is 0.210. The lowest BCUT2D eigenvalue weighted by Crippen LogP contribution is -2.59. The van der Waals surface area contributed by atoms with E-state index in [1.165, 1.54) is 38.5 Å². The molecule has 4 fully saturated rings. The molecule has 0 spiro atoms. The van der Waals surface area contributed by atoms with Crippen LogP contribution in [0.4, 0.5) is 0 Å². The first-order valence-electron chi connectivity index (χ1n) is 15.3. The average molecular weight is 552 g/mol. The van der Waals surface area contributed by atoms with Crippen molar-refractivity contribution in [1.82, 2.24) is 15.5 Å². The number of piperidine rings is 1. The van der Waals surface area contributed by atoms with Crippen LogP contribution in [0.15, 0.2) is 24.3 Å². The van der Waals surface area contributed by atoms with Crippen molar-refractivity contribution < 1.29 is 19.5 Å². The number of carboxylic acids is 1. The van der Waals surface area contributed by atoms with Crippen LogP contribution in [0.5, 0.6) is 0 Å². The van der Waals surface area contributed by atoms with Crippen molar-refractivity contribution in [2.75, 3.05) is 13.1 Å². The Bertz CT molecular complexity index is 1080. The molecule has 9 nitrogen and oxygen atoms in total. The molecular formula is C31H45N5O4. The number of nitrogens with one attached hydrogen (secondary N) is 3. The molecule has 6 N–H and O–H groups in total. The minimum Gasteiger partial charge on any atom is -0.480 e. The standard InChI is InChI=1S/C31H45N5O4/c32-28(33)23-13-11-20(12-14-23)18-35-30(40)31-17-24(31)15-16-36(31)29(39)27(34-19-25(37)38)26(21-7-3-1-4-8-21)22-9-5-2-6-10-22/h11-14,21-22,24,26-27,34H,1-10,15-19H2,(H3,32,33)(H,35,40)(H,37,38)/t24-,27-,31+/m1/s1. The molecule has 1 aromatic rings. The number of carboxylic acid groups (broad SMARTS) is 1. The highest BCUT2D eigenvalue weighted by Crippen LogP contribution is 2.56. The number of carbonyl (C=O) groups excluding carboxylic acids is 2. The number of likely N-dealkylation sites (tertiary alicyclic amines) is 1. The number of carbonyl (C=O) groups is 3. The van der Waals surface area contributed by atoms with Crippen LogP contribution in [0.2, 0.25) is 0 Å². The molecule has 0 unspecified atom stereocenters. The Morgan fingerprint density at radius 1 is 0.975 bits per heavy atom. The monoisotopic (exact) mass is 551 g/mol. The van der Waals surface area contributed by atoms with Gasteiger partial charge in [0.25, 0.3) is 0 Å². The predicted molar refractivity (Wildman–Crippen MR) is 153 cm³/mol. The van der Waals surface area contributed by atoms with E-state index in [1.54, 1.807) is 12.1 Å². The Balaban J connectivity index is 1.35. The first-order valence-corrected chi connectivity index (χ1v) is 15.3. The van der Waals surface area contributed by atoms with Crippen LogP contribution in [-0.4, -0.2) is 58.3 Å². The lowest BCUT2D eigenvalue weighted by atomic mass is 9.66. The van der Waals surface area contributed by atoms with Gasteiger partial charge >= 0.3 is 5.97 Å². The summed E-state index contributed by atoms with van der Waals surface area (Å²) in [5.74, 6) is -0.0882. The topological polar surface area (TPSA) is 149 Å². The second kappa shape index (κ2) is 12.3. The van der Waals surface area contributed by atoms with Gasteiger partial charge < -0.3 is 21.1 Å². The maximum atomic E-state index is 14.5. The summed E-state index contributed by atoms with van der Waals surface area (Å²) in [7, 11) is 0. The van der Waals surface area contributed by atoms with E-state index in [-0.39, 0.29) is 36.0 Å². The van der Waals surface area contributed by atoms with E-state index < -0.39 is 17.6 Å². The summed E-state index contributed by atoms with van der Waals surface area (Å²) < 4.78 is 0. The Hall–Kier alpha value is -2.94. The van der Waals surface area contributed by atoms with Gasteiger partial charge in [0.15, 0.2) is 0 Å². The van der Waals surface area contributed by atoms with E-state index in [1.807, 2.05) is 17.0 Å². The molecule has 1 saturated heterocycles. The van der Waals surface area contributed by atoms with Gasteiger partial charge in [0.1, 0.15) is 11.4 Å². The molecule has 3 atom stereocenters. The second-order valence-corrected chi connectivity index (χ2v) is 12.5. The molecule has 218 valence electrons. The van der Waals surface area contributed by atoms with Gasteiger partial charge in [0.2, 0.25) is 11.8 Å². The Morgan fingerprint density at radius 2 is 1.57 bits per heavy atom. The number of nitrogens with two attached hydrogens (primary N) is 1. The normalized spacial score (nSPS) is 25.8. The molecule has 1 heterocycles. The highest BCUT2D eigenvalue weighted by Gasteiger charge is 2.69. The fraction of sp³-hybridized carbons (Fsp3) is 0.677. The molecule has 0 radical (unpaired) electrons. The van der Waals surface area contributed by atoms with E-state index in [0.29, 0.717) is 36.9 Å². The molecule has 5 rings (SSSR count). The first kappa shape index (κ1) is 28.6. The van der Waals surface area contributed by atoms with Gasteiger partial charge in [-0.05, 0) is 42.1 Å². The Labute approximate surface area is 237 Å². The number of nitrogens with zero attached hydrogens (tertiary/aromatic N) is 1. The van der Waals surface area contributed by atoms with Gasteiger partial charge in [0.05, 0.1) is 12.6 Å². The van der Waals surface area contributed by atoms with Crippen molar-refractivity contribution in [3.05, 3.63) is 35.4 Å². The molecule has 9 heteroatoms. The third-order valence-electron chi connectivity index (χ3n) is 10.1. The number of rotatable bonds is 11. The van der Waals surface area contributed by atoms with Gasteiger partial charge in [-0.15, -0.1) is 0 Å². The van der Waals surface area contributed by atoms with E-state index >= 15 is 0 Å². The summed E-state index contributed by atoms with van der Waals surface area (Å²) in [6.07, 6.45) is 13.0. The summed E-state index contributed by atoms with van der Waals surface area (Å²) in [5.41, 5.74) is 6.26. The third kappa shape index (κ3) is 5.90. The highest BCUT2D eigenvalue weighted by atomic mass is 16.4. The van der Waals surface area contributed by atoms with Crippen LogP contribution in [0.3, 0.4) is 0 Å². The number of hydrogen-bond acceptors (Lipinski definition) is 5. The van der Waals surface area contributed by atoms with Gasteiger partial charge in [-0.3, -0.25) is 25.1 Å². The van der Waals surface area contributed by atoms with Crippen molar-refractivity contribution in [3.8, 4) is 0 Å². The summed E-state index contributed by atoms with van der Waals surface area (Å²) in [4.78, 5) is 41.6. The number of amides is 2. The summed E-state index contributed by atoms with van der Waals surface area (Å²) >= 11 is 0. The van der Waals surface area contributed by atoms with E-state index in [4.69, 9.17) is 11.1 Å². The average Bonchev–Trinajstić information content (AvgIpc) is 3.59. The van der Waals surface area contributed by atoms with Gasteiger partial charge in [-0.2, -0.15) is 0 Å². The molecule has 2 amide bonds. The molecule has 1 aliphatic heterocycles. The van der Waals surface area contributed by atoms with Gasteiger partial charge in [-0.1, -0.05) is 88.5 Å². The van der Waals surface area contributed by atoms with Crippen LogP contribution in [0, 0.1) is 29.1 Å². The number of aliphatic carboxylic acids is 1. The Morgan fingerprint density at radius 3 is 2.10 bits per heavy atom. The highest BCUT2D eigenvalue weighted by molar-refractivity contribution is 5.97. The lowest BCUT2D eigenvalue weighted by Gasteiger charge is -2.43. The van der Waals surface area contributed by atoms with Crippen molar-refractivity contribution in [2.24, 2.45) is 29.4 Å². The fourth-order valence-electron chi connectivity index (χ4n) is 8.04. The molecule has 0 bridgehead atoms. The first-order chi connectivity index (χ1) is 19.3. The summed E-state index contributed by atoms with van der Waals surface area (Å²) in [5, 5.41) is 23.4. The molecule has 4 aliphatic rings. The summed E-state index contributed by atoms with van der Waals surface area (Å²) in [6, 6.07) is 6.65. The zero-order valence-electron chi connectivity index (χ0n) is 23.5. The lowest BCUT2D eigenvalue weighted by molar-refractivity contribution is -0.145. The number of fused-ring (bicyclic) bond motifs is 1. The van der Waals surface area contributed by atoms with Crippen molar-refractivity contribution in [3.63, 3.8) is 0 Å². The Kier molecular flexibility index (Phi) is 8.78.